The summed E-state index contributed by atoms with van der Waals surface area (Å²) in [5, 5.41) is 9.04. The summed E-state index contributed by atoms with van der Waals surface area (Å²) in [5.74, 6) is 0.824. The molecule has 98 valence electrons. The third-order valence-electron chi connectivity index (χ3n) is 4.20. The van der Waals surface area contributed by atoms with Crippen molar-refractivity contribution in [3.8, 4) is 6.07 Å². The van der Waals surface area contributed by atoms with Gasteiger partial charge in [-0.05, 0) is 62.0 Å². The van der Waals surface area contributed by atoms with E-state index < -0.39 is 0 Å². The number of aromatic amines is 1. The lowest BCUT2D eigenvalue weighted by Crippen LogP contribution is -2.16. The van der Waals surface area contributed by atoms with Crippen LogP contribution in [-0.2, 0) is 0 Å². The van der Waals surface area contributed by atoms with Gasteiger partial charge in [-0.3, -0.25) is 0 Å². The average Bonchev–Trinajstić information content (AvgIpc) is 2.75. The molecule has 4 heteroatoms. The van der Waals surface area contributed by atoms with E-state index in [-0.39, 0.29) is 0 Å². The summed E-state index contributed by atoms with van der Waals surface area (Å²) in [4.78, 5) is 3.26. The first kappa shape index (κ1) is 12.4. The van der Waals surface area contributed by atoms with Crippen LogP contribution in [0.25, 0.3) is 11.0 Å². The summed E-state index contributed by atoms with van der Waals surface area (Å²) in [5.41, 5.74) is 2.80. The van der Waals surface area contributed by atoms with Crippen molar-refractivity contribution in [1.82, 2.24) is 9.55 Å². The van der Waals surface area contributed by atoms with Gasteiger partial charge in [-0.1, -0.05) is 6.92 Å². The van der Waals surface area contributed by atoms with Crippen molar-refractivity contribution in [2.24, 2.45) is 5.92 Å². The van der Waals surface area contributed by atoms with Crippen molar-refractivity contribution >= 4 is 23.3 Å². The smallest absolute Gasteiger partial charge is 0.178 e. The van der Waals surface area contributed by atoms with Gasteiger partial charge in [-0.25, -0.2) is 0 Å². The van der Waals surface area contributed by atoms with Gasteiger partial charge in [0.15, 0.2) is 4.77 Å². The molecule has 0 atom stereocenters. The molecule has 0 unspecified atom stereocenters. The minimum Gasteiger partial charge on any atom is -0.331 e. The molecule has 1 aliphatic carbocycles. The number of nitrogens with zero attached hydrogens (tertiary/aromatic N) is 2. The highest BCUT2D eigenvalue weighted by atomic mass is 32.1. The molecule has 1 aromatic heterocycles. The molecule has 0 radical (unpaired) electrons. The quantitative estimate of drug-likeness (QED) is 0.785. The first-order valence-corrected chi connectivity index (χ1v) is 7.24. The number of H-pyrrole nitrogens is 1. The largest absolute Gasteiger partial charge is 0.331 e. The number of rotatable bonds is 1. The lowest BCUT2D eigenvalue weighted by molar-refractivity contribution is 0.292. The normalized spacial score (nSPS) is 23.4. The Morgan fingerprint density at radius 3 is 2.74 bits per heavy atom. The van der Waals surface area contributed by atoms with E-state index in [1.165, 1.54) is 25.7 Å². The van der Waals surface area contributed by atoms with Gasteiger partial charge in [0, 0.05) is 6.04 Å². The second-order valence-corrected chi connectivity index (χ2v) is 5.94. The number of hydrogen-bond acceptors (Lipinski definition) is 2. The Bertz CT molecular complexity index is 696. The summed E-state index contributed by atoms with van der Waals surface area (Å²) in [6.45, 7) is 2.32. The van der Waals surface area contributed by atoms with Gasteiger partial charge in [0.05, 0.1) is 22.7 Å². The highest BCUT2D eigenvalue weighted by Crippen LogP contribution is 2.34. The zero-order valence-electron chi connectivity index (χ0n) is 11.0. The number of hydrogen-bond donors (Lipinski definition) is 1. The van der Waals surface area contributed by atoms with Gasteiger partial charge in [0.2, 0.25) is 0 Å². The number of benzene rings is 1. The molecule has 1 saturated carbocycles. The zero-order valence-corrected chi connectivity index (χ0v) is 11.8. The second kappa shape index (κ2) is 4.82. The Morgan fingerprint density at radius 1 is 1.32 bits per heavy atom. The van der Waals surface area contributed by atoms with Crippen LogP contribution < -0.4 is 0 Å². The molecule has 2 aromatic rings. The summed E-state index contributed by atoms with van der Waals surface area (Å²) >= 11 is 5.47. The molecule has 1 fully saturated rings. The number of imidazole rings is 1. The second-order valence-electron chi connectivity index (χ2n) is 5.56. The zero-order chi connectivity index (χ0) is 13.4. The average molecular weight is 271 g/mol. The summed E-state index contributed by atoms with van der Waals surface area (Å²) in [6.07, 6.45) is 4.88. The highest BCUT2D eigenvalue weighted by Gasteiger charge is 2.21. The standard InChI is InChI=1S/C15H17N3S/c1-10-2-5-12(6-3-10)18-14-8-11(9-16)4-7-13(14)17-15(18)19/h4,7-8,10,12H,2-3,5-6H2,1H3,(H,17,19). The van der Waals surface area contributed by atoms with E-state index in [9.17, 15) is 0 Å². The maximum absolute atomic E-state index is 9.04. The van der Waals surface area contributed by atoms with E-state index in [4.69, 9.17) is 17.5 Å². The van der Waals surface area contributed by atoms with Crippen LogP contribution in [0.4, 0.5) is 0 Å². The van der Waals surface area contributed by atoms with E-state index in [0.717, 1.165) is 21.7 Å². The number of aromatic nitrogens is 2. The molecule has 1 N–H and O–H groups in total. The number of nitrogens with one attached hydrogen (secondary N) is 1. The van der Waals surface area contributed by atoms with Gasteiger partial charge in [0.25, 0.3) is 0 Å². The SMILES string of the molecule is CC1CCC(n2c(=S)[nH]c3ccc(C#N)cc32)CC1. The molecule has 0 amide bonds. The van der Waals surface area contributed by atoms with E-state index >= 15 is 0 Å². The Hall–Kier alpha value is -1.60. The first-order chi connectivity index (χ1) is 9.19. The Morgan fingerprint density at radius 2 is 2.05 bits per heavy atom. The fraction of sp³-hybridized carbons (Fsp3) is 0.467. The third kappa shape index (κ3) is 2.19. The molecule has 0 spiro atoms. The minimum atomic E-state index is 0.478. The van der Waals surface area contributed by atoms with E-state index in [0.29, 0.717) is 11.6 Å². The monoisotopic (exact) mass is 271 g/mol. The summed E-state index contributed by atoms with van der Waals surface area (Å²) < 4.78 is 3.00. The van der Waals surface area contributed by atoms with E-state index in [1.54, 1.807) is 0 Å². The Balaban J connectivity index is 2.09. The summed E-state index contributed by atoms with van der Waals surface area (Å²) in [6, 6.07) is 8.41. The van der Waals surface area contributed by atoms with Crippen LogP contribution in [0.1, 0.15) is 44.2 Å². The summed E-state index contributed by atoms with van der Waals surface area (Å²) in [7, 11) is 0. The maximum Gasteiger partial charge on any atom is 0.178 e. The van der Waals surface area contributed by atoms with Crippen LogP contribution in [0, 0.1) is 22.0 Å². The van der Waals surface area contributed by atoms with Gasteiger partial charge >= 0.3 is 0 Å². The van der Waals surface area contributed by atoms with Gasteiger partial charge in [0.1, 0.15) is 0 Å². The van der Waals surface area contributed by atoms with Crippen LogP contribution >= 0.6 is 12.2 Å². The molecule has 0 bridgehead atoms. The maximum atomic E-state index is 9.04. The van der Waals surface area contributed by atoms with Crippen LogP contribution in [0.3, 0.4) is 0 Å². The molecule has 0 saturated heterocycles. The van der Waals surface area contributed by atoms with Crippen LogP contribution in [0.15, 0.2) is 18.2 Å². The van der Waals surface area contributed by atoms with Crippen molar-refractivity contribution in [3.63, 3.8) is 0 Å². The van der Waals surface area contributed by atoms with Crippen molar-refractivity contribution in [2.75, 3.05) is 0 Å². The molecule has 1 heterocycles. The lowest BCUT2D eigenvalue weighted by atomic mass is 9.87. The Kier molecular flexibility index (Phi) is 3.16. The first-order valence-electron chi connectivity index (χ1n) is 6.83. The van der Waals surface area contributed by atoms with Crippen molar-refractivity contribution in [2.45, 2.75) is 38.6 Å². The Labute approximate surface area is 117 Å². The van der Waals surface area contributed by atoms with Crippen LogP contribution in [0.2, 0.25) is 0 Å². The molecular weight excluding hydrogens is 254 g/mol. The van der Waals surface area contributed by atoms with Gasteiger partial charge in [-0.15, -0.1) is 0 Å². The van der Waals surface area contributed by atoms with Gasteiger partial charge < -0.3 is 9.55 Å². The molecule has 1 aliphatic rings. The highest BCUT2D eigenvalue weighted by molar-refractivity contribution is 7.71. The molecule has 0 aliphatic heterocycles. The fourth-order valence-corrected chi connectivity index (χ4v) is 3.41. The molecule has 3 rings (SSSR count). The molecule has 3 nitrogen and oxygen atoms in total. The molecule has 19 heavy (non-hydrogen) atoms. The minimum absolute atomic E-state index is 0.478. The number of fused-ring (bicyclic) bond motifs is 1. The van der Waals surface area contributed by atoms with E-state index in [2.05, 4.69) is 22.5 Å². The van der Waals surface area contributed by atoms with Crippen molar-refractivity contribution in [1.29, 1.82) is 5.26 Å². The predicted octanol–water partition coefficient (Wildman–Crippen LogP) is 4.32. The predicted molar refractivity (Wildman–Crippen MR) is 78.5 cm³/mol. The van der Waals surface area contributed by atoms with E-state index in [1.807, 2.05) is 18.2 Å². The fourth-order valence-electron chi connectivity index (χ4n) is 3.05. The molecule has 1 aromatic carbocycles. The topological polar surface area (TPSA) is 44.5 Å². The molecular formula is C15H17N3S. The van der Waals surface area contributed by atoms with Crippen LogP contribution in [0.5, 0.6) is 0 Å². The van der Waals surface area contributed by atoms with Crippen molar-refractivity contribution in [3.05, 3.63) is 28.5 Å². The van der Waals surface area contributed by atoms with Crippen molar-refractivity contribution < 1.29 is 0 Å². The third-order valence-corrected chi connectivity index (χ3v) is 4.50. The van der Waals surface area contributed by atoms with Gasteiger partial charge in [-0.2, -0.15) is 5.26 Å². The lowest BCUT2D eigenvalue weighted by Gasteiger charge is -2.27. The number of nitriles is 1. The van der Waals surface area contributed by atoms with Crippen LogP contribution in [-0.4, -0.2) is 9.55 Å².